The summed E-state index contributed by atoms with van der Waals surface area (Å²) < 4.78 is 0. The number of carbonyl (C=O) groups is 1. The summed E-state index contributed by atoms with van der Waals surface area (Å²) in [6.45, 7) is 8.26. The minimum absolute atomic E-state index is 0. The fourth-order valence-electron chi connectivity index (χ4n) is 3.46. The average molecular weight is 309 g/mol. The lowest BCUT2D eigenvalue weighted by atomic mass is 9.78. The van der Waals surface area contributed by atoms with Gasteiger partial charge in [-0.2, -0.15) is 0 Å². The third kappa shape index (κ3) is 3.24. The quantitative estimate of drug-likeness (QED) is 0.865. The molecule has 0 unspecified atom stereocenters. The molecule has 2 fully saturated rings. The summed E-state index contributed by atoms with van der Waals surface area (Å²) in [4.78, 5) is 14.6. The van der Waals surface area contributed by atoms with Gasteiger partial charge < -0.3 is 10.2 Å². The molecule has 21 heavy (non-hydrogen) atoms. The molecule has 2 aliphatic rings. The number of nitrogens with zero attached hydrogens (tertiary/aromatic N) is 1. The number of halogens is 1. The molecule has 1 aromatic rings. The van der Waals surface area contributed by atoms with E-state index in [9.17, 15) is 4.79 Å². The molecule has 0 aliphatic carbocycles. The first-order valence-corrected chi connectivity index (χ1v) is 7.67. The molecule has 1 aromatic carbocycles. The van der Waals surface area contributed by atoms with Crippen molar-refractivity contribution in [2.45, 2.75) is 33.1 Å². The van der Waals surface area contributed by atoms with Gasteiger partial charge in [0.15, 0.2) is 0 Å². The molecule has 1 amide bonds. The van der Waals surface area contributed by atoms with Crippen molar-refractivity contribution in [3.05, 3.63) is 34.9 Å². The Bertz CT molecular complexity index is 514. The van der Waals surface area contributed by atoms with Crippen LogP contribution in [0.2, 0.25) is 0 Å². The fourth-order valence-corrected chi connectivity index (χ4v) is 3.46. The van der Waals surface area contributed by atoms with Crippen molar-refractivity contribution >= 4 is 18.3 Å². The number of likely N-dealkylation sites (tertiary alicyclic amines) is 1. The molecular formula is C17H25ClN2O. The summed E-state index contributed by atoms with van der Waals surface area (Å²) in [5.74, 6) is 0.203. The number of hydrogen-bond acceptors (Lipinski definition) is 2. The van der Waals surface area contributed by atoms with E-state index >= 15 is 0 Å². The van der Waals surface area contributed by atoms with Crippen molar-refractivity contribution in [1.29, 1.82) is 0 Å². The van der Waals surface area contributed by atoms with Gasteiger partial charge in [0.25, 0.3) is 5.91 Å². The maximum absolute atomic E-state index is 12.6. The minimum atomic E-state index is 0. The monoisotopic (exact) mass is 308 g/mol. The van der Waals surface area contributed by atoms with Gasteiger partial charge in [-0.3, -0.25) is 4.79 Å². The summed E-state index contributed by atoms with van der Waals surface area (Å²) in [5.41, 5.74) is 3.76. The van der Waals surface area contributed by atoms with Crippen LogP contribution in [0.25, 0.3) is 0 Å². The molecule has 0 saturated carbocycles. The average Bonchev–Trinajstić information content (AvgIpc) is 2.90. The van der Waals surface area contributed by atoms with Crippen LogP contribution in [0.4, 0.5) is 0 Å². The van der Waals surface area contributed by atoms with E-state index in [4.69, 9.17) is 0 Å². The third-order valence-electron chi connectivity index (χ3n) is 5.20. The Kier molecular flexibility index (Phi) is 4.95. The molecule has 0 aromatic heterocycles. The number of piperidine rings is 1. The largest absolute Gasteiger partial charge is 0.339 e. The molecular weight excluding hydrogens is 284 g/mol. The van der Waals surface area contributed by atoms with Crippen LogP contribution in [-0.2, 0) is 0 Å². The van der Waals surface area contributed by atoms with Crippen LogP contribution < -0.4 is 5.32 Å². The molecule has 0 atom stereocenters. The summed E-state index contributed by atoms with van der Waals surface area (Å²) in [6.07, 6.45) is 3.58. The number of hydrogen-bond donors (Lipinski definition) is 1. The van der Waals surface area contributed by atoms with Gasteiger partial charge in [0.1, 0.15) is 0 Å². The Morgan fingerprint density at radius 3 is 2.43 bits per heavy atom. The number of amides is 1. The van der Waals surface area contributed by atoms with E-state index in [1.807, 2.05) is 17.0 Å². The summed E-state index contributed by atoms with van der Waals surface area (Å²) in [5, 5.41) is 3.47. The summed E-state index contributed by atoms with van der Waals surface area (Å²) in [6, 6.07) is 6.04. The van der Waals surface area contributed by atoms with E-state index < -0.39 is 0 Å². The van der Waals surface area contributed by atoms with Crippen LogP contribution in [0.1, 0.15) is 40.7 Å². The van der Waals surface area contributed by atoms with Gasteiger partial charge in [0.2, 0.25) is 0 Å². The standard InChI is InChI=1S/C17H24N2O.ClH/c1-13-3-4-15(11-14(13)2)16(20)19-9-6-17(7-10-19)5-8-18-12-17;/h3-4,11,18H,5-10,12H2,1-2H3;1H. The highest BCUT2D eigenvalue weighted by Gasteiger charge is 2.38. The zero-order valence-corrected chi connectivity index (χ0v) is 13.8. The smallest absolute Gasteiger partial charge is 0.253 e. The van der Waals surface area contributed by atoms with Gasteiger partial charge in [0.05, 0.1) is 0 Å². The van der Waals surface area contributed by atoms with E-state index in [0.717, 1.165) is 44.6 Å². The maximum Gasteiger partial charge on any atom is 0.253 e. The predicted molar refractivity (Wildman–Crippen MR) is 88.2 cm³/mol. The zero-order valence-electron chi connectivity index (χ0n) is 12.9. The van der Waals surface area contributed by atoms with Gasteiger partial charge in [-0.05, 0) is 68.3 Å². The van der Waals surface area contributed by atoms with Gasteiger partial charge in [0, 0.05) is 25.2 Å². The number of carbonyl (C=O) groups excluding carboxylic acids is 1. The SMILES string of the molecule is Cc1ccc(C(=O)N2CCC3(CCNC3)CC2)cc1C.Cl. The molecule has 4 heteroatoms. The maximum atomic E-state index is 12.6. The molecule has 2 saturated heterocycles. The second-order valence-corrected chi connectivity index (χ2v) is 6.52. The molecule has 1 N–H and O–H groups in total. The molecule has 1 spiro atoms. The molecule has 2 heterocycles. The van der Waals surface area contributed by atoms with E-state index in [1.165, 1.54) is 17.5 Å². The Morgan fingerprint density at radius 1 is 1.14 bits per heavy atom. The molecule has 2 aliphatic heterocycles. The lowest BCUT2D eigenvalue weighted by Crippen LogP contribution is -2.44. The first-order valence-electron chi connectivity index (χ1n) is 7.67. The summed E-state index contributed by atoms with van der Waals surface area (Å²) >= 11 is 0. The van der Waals surface area contributed by atoms with E-state index in [1.54, 1.807) is 0 Å². The second kappa shape index (κ2) is 6.37. The number of benzene rings is 1. The van der Waals surface area contributed by atoms with Crippen molar-refractivity contribution in [2.75, 3.05) is 26.2 Å². The fraction of sp³-hybridized carbons (Fsp3) is 0.588. The molecule has 116 valence electrons. The highest BCUT2D eigenvalue weighted by atomic mass is 35.5. The Hall–Kier alpha value is -1.06. The van der Waals surface area contributed by atoms with Crippen LogP contribution >= 0.6 is 12.4 Å². The normalized spacial score (nSPS) is 20.4. The highest BCUT2D eigenvalue weighted by Crippen LogP contribution is 2.37. The third-order valence-corrected chi connectivity index (χ3v) is 5.20. The van der Waals surface area contributed by atoms with Crippen molar-refractivity contribution < 1.29 is 4.79 Å². The van der Waals surface area contributed by atoms with Crippen LogP contribution in [0.15, 0.2) is 18.2 Å². The molecule has 0 bridgehead atoms. The van der Waals surface area contributed by atoms with E-state index in [-0.39, 0.29) is 18.3 Å². The number of rotatable bonds is 1. The van der Waals surface area contributed by atoms with Gasteiger partial charge >= 0.3 is 0 Å². The lowest BCUT2D eigenvalue weighted by Gasteiger charge is -2.39. The molecule has 3 rings (SSSR count). The van der Waals surface area contributed by atoms with Crippen molar-refractivity contribution in [1.82, 2.24) is 10.2 Å². The predicted octanol–water partition coefficient (Wildman–Crippen LogP) is 2.94. The highest BCUT2D eigenvalue weighted by molar-refractivity contribution is 5.94. The minimum Gasteiger partial charge on any atom is -0.339 e. The van der Waals surface area contributed by atoms with Gasteiger partial charge in [-0.25, -0.2) is 0 Å². The molecule has 3 nitrogen and oxygen atoms in total. The van der Waals surface area contributed by atoms with E-state index in [0.29, 0.717) is 5.41 Å². The van der Waals surface area contributed by atoms with Crippen LogP contribution in [-0.4, -0.2) is 37.0 Å². The second-order valence-electron chi connectivity index (χ2n) is 6.52. The van der Waals surface area contributed by atoms with Crippen molar-refractivity contribution in [3.8, 4) is 0 Å². The Morgan fingerprint density at radius 2 is 1.86 bits per heavy atom. The topological polar surface area (TPSA) is 32.3 Å². The van der Waals surface area contributed by atoms with Crippen molar-refractivity contribution in [3.63, 3.8) is 0 Å². The van der Waals surface area contributed by atoms with Crippen LogP contribution in [0.5, 0.6) is 0 Å². The van der Waals surface area contributed by atoms with Crippen molar-refractivity contribution in [2.24, 2.45) is 5.41 Å². The van der Waals surface area contributed by atoms with Gasteiger partial charge in [-0.15, -0.1) is 12.4 Å². The van der Waals surface area contributed by atoms with Crippen LogP contribution in [0.3, 0.4) is 0 Å². The Labute approximate surface area is 133 Å². The first kappa shape index (κ1) is 16.3. The lowest BCUT2D eigenvalue weighted by molar-refractivity contribution is 0.0607. The van der Waals surface area contributed by atoms with Gasteiger partial charge in [-0.1, -0.05) is 6.07 Å². The van der Waals surface area contributed by atoms with Crippen LogP contribution in [0, 0.1) is 19.3 Å². The number of aryl methyl sites for hydroxylation is 2. The Balaban J connectivity index is 0.00000161. The summed E-state index contributed by atoms with van der Waals surface area (Å²) in [7, 11) is 0. The first-order chi connectivity index (χ1) is 9.60. The number of nitrogens with one attached hydrogen (secondary N) is 1. The molecule has 0 radical (unpaired) electrons. The zero-order chi connectivity index (χ0) is 14.2. The van der Waals surface area contributed by atoms with E-state index in [2.05, 4.69) is 25.2 Å².